The van der Waals surface area contributed by atoms with E-state index in [2.05, 4.69) is 16.9 Å². The van der Waals surface area contributed by atoms with Crippen LogP contribution in [0.1, 0.15) is 33.9 Å². The summed E-state index contributed by atoms with van der Waals surface area (Å²) in [6.07, 6.45) is 7.23. The second-order valence-electron chi connectivity index (χ2n) is 6.42. The molecule has 0 spiro atoms. The lowest BCUT2D eigenvalue weighted by Crippen LogP contribution is -2.23. The van der Waals surface area contributed by atoms with Gasteiger partial charge in [-0.2, -0.15) is 0 Å². The standard InChI is InChI=1S/C22H23NO4.ClH/c1-5-14-23(2)17-13-12-16-15(17)8-6-9-18(16)27-22(24)21-19(25-3)10-7-11-20(21)26-4;/h1,6-11,17H,12-14H2,2-4H3;1H. The molecule has 0 N–H and O–H groups in total. The summed E-state index contributed by atoms with van der Waals surface area (Å²) in [7, 11) is 5.04. The number of rotatable bonds is 6. The van der Waals surface area contributed by atoms with Crippen LogP contribution in [0.4, 0.5) is 0 Å². The van der Waals surface area contributed by atoms with Gasteiger partial charge in [-0.15, -0.1) is 18.8 Å². The van der Waals surface area contributed by atoms with E-state index in [9.17, 15) is 4.79 Å². The third-order valence-corrected chi connectivity index (χ3v) is 4.90. The van der Waals surface area contributed by atoms with Gasteiger partial charge >= 0.3 is 5.97 Å². The molecule has 1 aliphatic carbocycles. The molecule has 6 heteroatoms. The van der Waals surface area contributed by atoms with Crippen molar-refractivity contribution < 1.29 is 19.0 Å². The summed E-state index contributed by atoms with van der Waals surface area (Å²) < 4.78 is 16.4. The molecule has 1 unspecified atom stereocenters. The lowest BCUT2D eigenvalue weighted by molar-refractivity contribution is 0.0726. The molecule has 5 nitrogen and oxygen atoms in total. The average molecular weight is 402 g/mol. The Hall–Kier alpha value is -2.68. The van der Waals surface area contributed by atoms with Gasteiger partial charge in [-0.3, -0.25) is 4.90 Å². The molecule has 0 bridgehead atoms. The molecule has 0 saturated heterocycles. The molecule has 0 aliphatic heterocycles. The Kier molecular flexibility index (Phi) is 7.33. The topological polar surface area (TPSA) is 48.0 Å². The Morgan fingerprint density at radius 2 is 1.75 bits per heavy atom. The summed E-state index contributed by atoms with van der Waals surface area (Å²) in [6, 6.07) is 11.2. The fourth-order valence-electron chi connectivity index (χ4n) is 3.61. The quantitative estimate of drug-likeness (QED) is 0.417. The summed E-state index contributed by atoms with van der Waals surface area (Å²) in [6.45, 7) is 0.576. The maximum absolute atomic E-state index is 12.9. The number of carbonyl (C=O) groups excluding carboxylic acids is 1. The van der Waals surface area contributed by atoms with E-state index < -0.39 is 5.97 Å². The summed E-state index contributed by atoms with van der Waals surface area (Å²) >= 11 is 0. The number of esters is 1. The highest BCUT2D eigenvalue weighted by Crippen LogP contribution is 2.40. The summed E-state index contributed by atoms with van der Waals surface area (Å²) in [4.78, 5) is 15.0. The van der Waals surface area contributed by atoms with Crippen LogP contribution in [0, 0.1) is 12.3 Å². The molecule has 0 fully saturated rings. The van der Waals surface area contributed by atoms with Gasteiger partial charge < -0.3 is 14.2 Å². The molecule has 0 aromatic heterocycles. The van der Waals surface area contributed by atoms with Crippen molar-refractivity contribution in [2.24, 2.45) is 0 Å². The first kappa shape index (κ1) is 21.6. The zero-order valence-corrected chi connectivity index (χ0v) is 17.0. The number of hydrogen-bond acceptors (Lipinski definition) is 5. The lowest BCUT2D eigenvalue weighted by Gasteiger charge is -2.23. The van der Waals surface area contributed by atoms with Crippen molar-refractivity contribution in [2.45, 2.75) is 18.9 Å². The van der Waals surface area contributed by atoms with Crippen LogP contribution in [0.5, 0.6) is 17.2 Å². The number of halogens is 1. The zero-order valence-electron chi connectivity index (χ0n) is 16.2. The molecule has 28 heavy (non-hydrogen) atoms. The molecule has 2 aromatic rings. The molecule has 0 saturated carbocycles. The van der Waals surface area contributed by atoms with Gasteiger partial charge in [-0.25, -0.2) is 4.79 Å². The fourth-order valence-corrected chi connectivity index (χ4v) is 3.61. The molecule has 0 amide bonds. The molecule has 2 aromatic carbocycles. The first-order chi connectivity index (χ1) is 13.1. The normalized spacial score (nSPS) is 14.6. The van der Waals surface area contributed by atoms with Gasteiger partial charge in [0, 0.05) is 6.04 Å². The van der Waals surface area contributed by atoms with Crippen LogP contribution in [0.15, 0.2) is 36.4 Å². The molecule has 148 valence electrons. The third-order valence-electron chi connectivity index (χ3n) is 4.90. The number of hydrogen-bond donors (Lipinski definition) is 0. The van der Waals surface area contributed by atoms with Crippen LogP contribution in [0.25, 0.3) is 0 Å². The number of terminal acetylenes is 1. The predicted octanol–water partition coefficient (Wildman–Crippen LogP) is 3.90. The summed E-state index contributed by atoms with van der Waals surface area (Å²) in [5, 5.41) is 0. The maximum Gasteiger partial charge on any atom is 0.351 e. The molecule has 0 radical (unpaired) electrons. The second kappa shape index (κ2) is 9.50. The highest BCUT2D eigenvalue weighted by molar-refractivity contribution is 5.97. The van der Waals surface area contributed by atoms with E-state index in [1.807, 2.05) is 19.2 Å². The van der Waals surface area contributed by atoms with Crippen molar-refractivity contribution in [3.8, 4) is 29.6 Å². The van der Waals surface area contributed by atoms with E-state index in [1.165, 1.54) is 14.2 Å². The highest BCUT2D eigenvalue weighted by Gasteiger charge is 2.29. The van der Waals surface area contributed by atoms with E-state index in [0.29, 0.717) is 23.8 Å². The first-order valence-corrected chi connectivity index (χ1v) is 8.79. The Morgan fingerprint density at radius 1 is 1.14 bits per heavy atom. The average Bonchev–Trinajstić information content (AvgIpc) is 3.12. The number of nitrogens with zero attached hydrogens (tertiary/aromatic N) is 1. The number of carbonyl (C=O) groups is 1. The van der Waals surface area contributed by atoms with Crippen molar-refractivity contribution in [1.82, 2.24) is 4.90 Å². The Balaban J connectivity index is 0.00000280. The van der Waals surface area contributed by atoms with E-state index in [4.69, 9.17) is 20.6 Å². The SMILES string of the molecule is C#CCN(C)C1CCc2c(OC(=O)c3c(OC)cccc3OC)cccc21.Cl. The zero-order chi connectivity index (χ0) is 19.4. The number of benzene rings is 2. The molecular formula is C22H24ClNO4. The molecule has 0 heterocycles. The van der Waals surface area contributed by atoms with Gasteiger partial charge in [0.25, 0.3) is 0 Å². The summed E-state index contributed by atoms with van der Waals surface area (Å²) in [5.74, 6) is 3.58. The van der Waals surface area contributed by atoms with Gasteiger partial charge in [0.05, 0.1) is 20.8 Å². The maximum atomic E-state index is 12.9. The number of ether oxygens (including phenoxy) is 3. The van der Waals surface area contributed by atoms with E-state index in [0.717, 1.165) is 24.0 Å². The lowest BCUT2D eigenvalue weighted by atomic mass is 10.1. The molecule has 1 atom stereocenters. The Bertz CT molecular complexity index is 868. The Labute approximate surface area is 172 Å². The van der Waals surface area contributed by atoms with Crippen LogP contribution in [-0.4, -0.2) is 38.7 Å². The van der Waals surface area contributed by atoms with Gasteiger partial charge in [0.1, 0.15) is 22.8 Å². The third kappa shape index (κ3) is 4.09. The smallest absolute Gasteiger partial charge is 0.351 e. The van der Waals surface area contributed by atoms with Crippen LogP contribution < -0.4 is 14.2 Å². The van der Waals surface area contributed by atoms with Crippen LogP contribution in [-0.2, 0) is 6.42 Å². The van der Waals surface area contributed by atoms with Gasteiger partial charge in [0.2, 0.25) is 0 Å². The molecular weight excluding hydrogens is 378 g/mol. The molecule has 1 aliphatic rings. The second-order valence-corrected chi connectivity index (χ2v) is 6.42. The van der Waals surface area contributed by atoms with Gasteiger partial charge in [-0.1, -0.05) is 24.1 Å². The van der Waals surface area contributed by atoms with Crippen molar-refractivity contribution in [3.63, 3.8) is 0 Å². The van der Waals surface area contributed by atoms with E-state index in [-0.39, 0.29) is 24.0 Å². The highest BCUT2D eigenvalue weighted by atomic mass is 35.5. The van der Waals surface area contributed by atoms with Crippen LogP contribution >= 0.6 is 12.4 Å². The van der Waals surface area contributed by atoms with Gasteiger partial charge in [0.15, 0.2) is 0 Å². The van der Waals surface area contributed by atoms with Crippen LogP contribution in [0.2, 0.25) is 0 Å². The Morgan fingerprint density at radius 3 is 2.36 bits per heavy atom. The largest absolute Gasteiger partial charge is 0.496 e. The molecule has 3 rings (SSSR count). The van der Waals surface area contributed by atoms with E-state index in [1.54, 1.807) is 18.2 Å². The van der Waals surface area contributed by atoms with Crippen molar-refractivity contribution in [3.05, 3.63) is 53.1 Å². The van der Waals surface area contributed by atoms with Crippen molar-refractivity contribution in [1.29, 1.82) is 0 Å². The van der Waals surface area contributed by atoms with Crippen molar-refractivity contribution >= 4 is 18.4 Å². The number of fused-ring (bicyclic) bond motifs is 1. The van der Waals surface area contributed by atoms with Crippen molar-refractivity contribution in [2.75, 3.05) is 27.8 Å². The minimum Gasteiger partial charge on any atom is -0.496 e. The van der Waals surface area contributed by atoms with Gasteiger partial charge in [-0.05, 0) is 49.2 Å². The fraction of sp³-hybridized carbons (Fsp3) is 0.318. The summed E-state index contributed by atoms with van der Waals surface area (Å²) in [5.41, 5.74) is 2.48. The monoisotopic (exact) mass is 401 g/mol. The van der Waals surface area contributed by atoms with Crippen LogP contribution in [0.3, 0.4) is 0 Å². The first-order valence-electron chi connectivity index (χ1n) is 8.79. The van der Waals surface area contributed by atoms with E-state index >= 15 is 0 Å². The minimum absolute atomic E-state index is 0. The number of methoxy groups -OCH3 is 2. The predicted molar refractivity (Wildman–Crippen MR) is 111 cm³/mol. The minimum atomic E-state index is -0.502.